The fourth-order valence-electron chi connectivity index (χ4n) is 2.44. The number of rotatable bonds is 6. The number of amides is 1. The molecule has 0 radical (unpaired) electrons. The number of aromatic hydroxyl groups is 1. The van der Waals surface area contributed by atoms with Gasteiger partial charge in [0.1, 0.15) is 11.4 Å². The Hall–Kier alpha value is -3.61. The molecular formula is C18H15N3O4. The third kappa shape index (κ3) is 3.07. The lowest BCUT2D eigenvalue weighted by molar-refractivity contribution is 0.0998. The maximum atomic E-state index is 11.8. The van der Waals surface area contributed by atoms with Gasteiger partial charge in [-0.15, -0.1) is 0 Å². The van der Waals surface area contributed by atoms with Gasteiger partial charge in [-0.2, -0.15) is 0 Å². The van der Waals surface area contributed by atoms with Gasteiger partial charge in [-0.1, -0.05) is 36.4 Å². The molecule has 0 aliphatic rings. The third-order valence-corrected chi connectivity index (χ3v) is 3.78. The number of para-hydroxylation sites is 1. The summed E-state index contributed by atoms with van der Waals surface area (Å²) in [5.41, 5.74) is 5.00. The molecule has 0 bridgehead atoms. The highest BCUT2D eigenvalue weighted by molar-refractivity contribution is 5.98. The summed E-state index contributed by atoms with van der Waals surface area (Å²) in [5, 5.41) is 15.7. The third-order valence-electron chi connectivity index (χ3n) is 3.78. The summed E-state index contributed by atoms with van der Waals surface area (Å²) in [6, 6.07) is 13.7. The van der Waals surface area contributed by atoms with Crippen molar-refractivity contribution in [2.75, 3.05) is 10.6 Å². The predicted octanol–water partition coefficient (Wildman–Crippen LogP) is 1.44. The summed E-state index contributed by atoms with van der Waals surface area (Å²) in [7, 11) is 0. The average Bonchev–Trinajstić information content (AvgIpc) is 2.62. The zero-order valence-corrected chi connectivity index (χ0v) is 13.1. The van der Waals surface area contributed by atoms with Crippen LogP contribution in [0.4, 0.5) is 17.1 Å². The van der Waals surface area contributed by atoms with E-state index < -0.39 is 16.8 Å². The lowest BCUT2D eigenvalue weighted by Gasteiger charge is -2.16. The highest BCUT2D eigenvalue weighted by Crippen LogP contribution is 2.31. The van der Waals surface area contributed by atoms with Crippen LogP contribution in [0.5, 0.6) is 5.75 Å². The molecule has 0 aromatic heterocycles. The summed E-state index contributed by atoms with van der Waals surface area (Å²) in [6.45, 7) is 0.369. The van der Waals surface area contributed by atoms with E-state index in [4.69, 9.17) is 5.73 Å². The quantitative estimate of drug-likeness (QED) is 0.399. The molecule has 0 aliphatic heterocycles. The van der Waals surface area contributed by atoms with E-state index in [-0.39, 0.29) is 28.4 Å². The van der Waals surface area contributed by atoms with E-state index in [2.05, 4.69) is 10.6 Å². The van der Waals surface area contributed by atoms with Crippen molar-refractivity contribution >= 4 is 23.0 Å². The Labute approximate surface area is 142 Å². The number of nitrogens with two attached hydrogens (primary N) is 1. The fraction of sp³-hybridized carbons (Fsp3) is 0.0556. The van der Waals surface area contributed by atoms with Crippen molar-refractivity contribution < 1.29 is 9.90 Å². The molecule has 7 nitrogen and oxygen atoms in total. The van der Waals surface area contributed by atoms with Crippen LogP contribution in [-0.2, 0) is 6.54 Å². The largest absolute Gasteiger partial charge is 0.505 e. The molecule has 0 unspecified atom stereocenters. The zero-order chi connectivity index (χ0) is 18.0. The lowest BCUT2D eigenvalue weighted by atomic mass is 10.1. The second-order valence-corrected chi connectivity index (χ2v) is 5.44. The molecule has 7 heteroatoms. The van der Waals surface area contributed by atoms with Crippen LogP contribution in [0.2, 0.25) is 0 Å². The first-order chi connectivity index (χ1) is 12.0. The second-order valence-electron chi connectivity index (χ2n) is 5.44. The molecule has 0 heterocycles. The second kappa shape index (κ2) is 6.48. The Balaban J connectivity index is 1.84. The summed E-state index contributed by atoms with van der Waals surface area (Å²) < 4.78 is 0. The number of anilines is 3. The first-order valence-corrected chi connectivity index (χ1v) is 7.49. The minimum Gasteiger partial charge on any atom is -0.505 e. The monoisotopic (exact) mass is 337 g/mol. The standard InChI is InChI=1S/C18H15N3O4/c19-18(25)11-7-4-8-12(15(11)22)21-14-13(16(23)17(14)24)20-9-10-5-2-1-3-6-10/h1-8,20-22H,9H2,(H2,19,25). The van der Waals surface area contributed by atoms with Gasteiger partial charge in [0.05, 0.1) is 11.3 Å². The number of carbonyl (C=O) groups is 1. The molecule has 3 aromatic rings. The maximum absolute atomic E-state index is 11.8. The summed E-state index contributed by atoms with van der Waals surface area (Å²) in [6.07, 6.45) is 0. The Morgan fingerprint density at radius 1 is 0.960 bits per heavy atom. The van der Waals surface area contributed by atoms with Crippen LogP contribution in [0.1, 0.15) is 15.9 Å². The first kappa shape index (κ1) is 16.3. The Bertz CT molecular complexity index is 1010. The van der Waals surface area contributed by atoms with Crippen molar-refractivity contribution in [1.29, 1.82) is 0 Å². The van der Waals surface area contributed by atoms with Gasteiger partial charge in [-0.05, 0) is 17.7 Å². The fourth-order valence-corrected chi connectivity index (χ4v) is 2.44. The van der Waals surface area contributed by atoms with E-state index in [0.717, 1.165) is 5.56 Å². The van der Waals surface area contributed by atoms with Gasteiger partial charge in [0.15, 0.2) is 5.75 Å². The average molecular weight is 337 g/mol. The number of hydrogen-bond donors (Lipinski definition) is 4. The van der Waals surface area contributed by atoms with Gasteiger partial charge in [0.25, 0.3) is 16.8 Å². The van der Waals surface area contributed by atoms with Gasteiger partial charge >= 0.3 is 0 Å². The van der Waals surface area contributed by atoms with E-state index in [1.54, 1.807) is 0 Å². The van der Waals surface area contributed by atoms with Crippen LogP contribution < -0.4 is 27.2 Å². The molecule has 5 N–H and O–H groups in total. The predicted molar refractivity (Wildman–Crippen MR) is 95.0 cm³/mol. The van der Waals surface area contributed by atoms with Crippen molar-refractivity contribution in [3.05, 3.63) is 80.1 Å². The van der Waals surface area contributed by atoms with Crippen LogP contribution in [0.15, 0.2) is 58.1 Å². The molecule has 126 valence electrons. The molecule has 0 saturated carbocycles. The van der Waals surface area contributed by atoms with E-state index in [1.807, 2.05) is 30.3 Å². The molecule has 0 aliphatic carbocycles. The molecule has 1 amide bonds. The molecule has 0 fully saturated rings. The molecule has 0 atom stereocenters. The molecule has 3 aromatic carbocycles. The van der Waals surface area contributed by atoms with E-state index in [1.165, 1.54) is 18.2 Å². The number of benzene rings is 2. The number of hydrogen-bond acceptors (Lipinski definition) is 6. The molecular weight excluding hydrogens is 322 g/mol. The van der Waals surface area contributed by atoms with Gasteiger partial charge in [-0.3, -0.25) is 14.4 Å². The molecule has 3 rings (SSSR count). The molecule has 25 heavy (non-hydrogen) atoms. The van der Waals surface area contributed by atoms with Gasteiger partial charge in [0, 0.05) is 6.54 Å². The maximum Gasteiger partial charge on any atom is 0.253 e. The van der Waals surface area contributed by atoms with E-state index >= 15 is 0 Å². The van der Waals surface area contributed by atoms with Crippen LogP contribution in [0.25, 0.3) is 0 Å². The van der Waals surface area contributed by atoms with Gasteiger partial charge in [0.2, 0.25) is 0 Å². The number of phenols is 1. The summed E-state index contributed by atoms with van der Waals surface area (Å²) >= 11 is 0. The summed E-state index contributed by atoms with van der Waals surface area (Å²) in [4.78, 5) is 34.9. The van der Waals surface area contributed by atoms with Gasteiger partial charge in [-0.25, -0.2) is 0 Å². The van der Waals surface area contributed by atoms with Crippen molar-refractivity contribution in [3.63, 3.8) is 0 Å². The molecule has 0 saturated heterocycles. The van der Waals surface area contributed by atoms with Crippen LogP contribution in [0.3, 0.4) is 0 Å². The van der Waals surface area contributed by atoms with E-state index in [9.17, 15) is 19.5 Å². The smallest absolute Gasteiger partial charge is 0.253 e. The minimum absolute atomic E-state index is 0.0397. The van der Waals surface area contributed by atoms with Crippen LogP contribution >= 0.6 is 0 Å². The normalized spacial score (nSPS) is 10.6. The topological polar surface area (TPSA) is 122 Å². The Morgan fingerprint density at radius 2 is 1.64 bits per heavy atom. The number of primary amides is 1. The minimum atomic E-state index is -0.798. The zero-order valence-electron chi connectivity index (χ0n) is 13.1. The van der Waals surface area contributed by atoms with Crippen LogP contribution in [0, 0.1) is 0 Å². The number of nitrogens with one attached hydrogen (secondary N) is 2. The summed E-state index contributed by atoms with van der Waals surface area (Å²) in [5.74, 6) is -1.18. The van der Waals surface area contributed by atoms with Crippen molar-refractivity contribution in [2.45, 2.75) is 6.54 Å². The van der Waals surface area contributed by atoms with E-state index in [0.29, 0.717) is 6.54 Å². The van der Waals surface area contributed by atoms with Crippen molar-refractivity contribution in [1.82, 2.24) is 0 Å². The highest BCUT2D eigenvalue weighted by Gasteiger charge is 2.22. The Morgan fingerprint density at radius 3 is 2.32 bits per heavy atom. The first-order valence-electron chi connectivity index (χ1n) is 7.49. The van der Waals surface area contributed by atoms with Crippen LogP contribution in [-0.4, -0.2) is 11.0 Å². The SMILES string of the molecule is NC(=O)c1cccc(Nc2c(NCc3ccccc3)c(=O)c2=O)c1O. The number of carbonyl (C=O) groups excluding carboxylic acids is 1. The Kier molecular flexibility index (Phi) is 4.21. The van der Waals surface area contributed by atoms with Crippen molar-refractivity contribution in [3.8, 4) is 5.75 Å². The highest BCUT2D eigenvalue weighted by atomic mass is 16.3. The lowest BCUT2D eigenvalue weighted by Crippen LogP contribution is -2.36. The van der Waals surface area contributed by atoms with Gasteiger partial charge < -0.3 is 21.5 Å². The molecule has 0 spiro atoms. The van der Waals surface area contributed by atoms with Crippen molar-refractivity contribution in [2.24, 2.45) is 5.73 Å².